The van der Waals surface area contributed by atoms with Gasteiger partial charge in [-0.25, -0.2) is 5.14 Å². The number of rotatable bonds is 4. The molecule has 0 unspecified atom stereocenters. The minimum absolute atomic E-state index is 0.838. The maximum absolute atomic E-state index is 5.34. The second-order valence-electron chi connectivity index (χ2n) is 3.42. The molecule has 0 aliphatic carbocycles. The standard InChI is InChI=1S/C11H14N2OS/c1-2-4-8-7-13-9-5-3-6-10(11(8)9)14-15-12/h3,5-7,13H,2,4,12H2,1H3. The Hall–Kier alpha value is -1.13. The molecule has 2 aromatic rings. The summed E-state index contributed by atoms with van der Waals surface area (Å²) < 4.78 is 5.34. The summed E-state index contributed by atoms with van der Waals surface area (Å²) in [6, 6.07) is 5.94. The van der Waals surface area contributed by atoms with Crippen LogP contribution in [0.3, 0.4) is 0 Å². The highest BCUT2D eigenvalue weighted by molar-refractivity contribution is 7.92. The fourth-order valence-electron chi connectivity index (χ4n) is 1.81. The van der Waals surface area contributed by atoms with Crippen LogP contribution in [0.25, 0.3) is 10.9 Å². The Morgan fingerprint density at radius 1 is 1.47 bits per heavy atom. The highest BCUT2D eigenvalue weighted by Gasteiger charge is 2.08. The molecule has 0 fully saturated rings. The van der Waals surface area contributed by atoms with Gasteiger partial charge in [-0.2, -0.15) is 0 Å². The summed E-state index contributed by atoms with van der Waals surface area (Å²) in [5.74, 6) is 0.838. The fraction of sp³-hybridized carbons (Fsp3) is 0.273. The van der Waals surface area contributed by atoms with Crippen molar-refractivity contribution in [3.8, 4) is 5.75 Å². The predicted molar refractivity (Wildman–Crippen MR) is 64.7 cm³/mol. The Morgan fingerprint density at radius 2 is 2.33 bits per heavy atom. The van der Waals surface area contributed by atoms with Crippen LogP contribution in [0, 0.1) is 0 Å². The van der Waals surface area contributed by atoms with Crippen LogP contribution in [0.2, 0.25) is 0 Å². The summed E-state index contributed by atoms with van der Waals surface area (Å²) in [4.78, 5) is 3.24. The molecule has 15 heavy (non-hydrogen) atoms. The van der Waals surface area contributed by atoms with E-state index in [1.807, 2.05) is 24.4 Å². The molecular formula is C11H14N2OS. The molecule has 0 atom stereocenters. The van der Waals surface area contributed by atoms with Gasteiger partial charge in [0.25, 0.3) is 0 Å². The van der Waals surface area contributed by atoms with Crippen molar-refractivity contribution in [1.29, 1.82) is 0 Å². The lowest BCUT2D eigenvalue weighted by molar-refractivity contribution is 0.654. The van der Waals surface area contributed by atoms with Crippen LogP contribution in [0.5, 0.6) is 5.75 Å². The maximum atomic E-state index is 5.34. The zero-order valence-corrected chi connectivity index (χ0v) is 9.43. The molecule has 0 spiro atoms. The maximum Gasteiger partial charge on any atom is 0.148 e. The number of aromatic amines is 1. The molecule has 0 radical (unpaired) electrons. The van der Waals surface area contributed by atoms with Gasteiger partial charge in [0.05, 0.1) is 0 Å². The Morgan fingerprint density at radius 3 is 3.07 bits per heavy atom. The summed E-state index contributed by atoms with van der Waals surface area (Å²) in [5, 5.41) is 6.48. The molecule has 0 amide bonds. The Kier molecular flexibility index (Phi) is 3.18. The second-order valence-corrected chi connectivity index (χ2v) is 3.78. The molecule has 0 saturated heterocycles. The Labute approximate surface area is 93.3 Å². The van der Waals surface area contributed by atoms with Crippen molar-refractivity contribution in [2.24, 2.45) is 5.14 Å². The van der Waals surface area contributed by atoms with Crippen LogP contribution in [0.15, 0.2) is 24.4 Å². The minimum Gasteiger partial charge on any atom is -0.409 e. The molecule has 1 aromatic heterocycles. The molecule has 80 valence electrons. The van der Waals surface area contributed by atoms with Gasteiger partial charge < -0.3 is 9.17 Å². The van der Waals surface area contributed by atoms with E-state index < -0.39 is 0 Å². The predicted octanol–water partition coefficient (Wildman–Crippen LogP) is 3.02. The monoisotopic (exact) mass is 222 g/mol. The zero-order valence-electron chi connectivity index (χ0n) is 8.62. The Bertz CT molecular complexity index is 453. The van der Waals surface area contributed by atoms with Gasteiger partial charge >= 0.3 is 0 Å². The largest absolute Gasteiger partial charge is 0.409 e. The number of nitrogens with two attached hydrogens (primary N) is 1. The molecule has 1 aromatic carbocycles. The number of fused-ring (bicyclic) bond motifs is 1. The van der Waals surface area contributed by atoms with Crippen molar-refractivity contribution in [3.05, 3.63) is 30.0 Å². The molecule has 1 heterocycles. The average molecular weight is 222 g/mol. The Balaban J connectivity index is 2.53. The third-order valence-corrected chi connectivity index (χ3v) is 2.68. The van der Waals surface area contributed by atoms with Gasteiger partial charge in [0, 0.05) is 17.1 Å². The highest BCUT2D eigenvalue weighted by Crippen LogP contribution is 2.30. The molecule has 0 bridgehead atoms. The fourth-order valence-corrected chi connectivity index (χ4v) is 2.05. The van der Waals surface area contributed by atoms with Gasteiger partial charge in [-0.15, -0.1) is 0 Å². The summed E-state index contributed by atoms with van der Waals surface area (Å²) in [7, 11) is 0. The lowest BCUT2D eigenvalue weighted by Crippen LogP contribution is -1.89. The van der Waals surface area contributed by atoms with E-state index in [-0.39, 0.29) is 0 Å². The van der Waals surface area contributed by atoms with E-state index in [9.17, 15) is 0 Å². The number of hydrogen-bond donors (Lipinski definition) is 2. The molecular weight excluding hydrogens is 208 g/mol. The van der Waals surface area contributed by atoms with Crippen LogP contribution >= 0.6 is 12.2 Å². The van der Waals surface area contributed by atoms with Crippen LogP contribution in [-0.2, 0) is 6.42 Å². The van der Waals surface area contributed by atoms with Crippen molar-refractivity contribution >= 4 is 23.1 Å². The van der Waals surface area contributed by atoms with Crippen molar-refractivity contribution in [1.82, 2.24) is 4.98 Å². The number of H-pyrrole nitrogens is 1. The van der Waals surface area contributed by atoms with E-state index in [1.54, 1.807) is 0 Å². The number of aromatic nitrogens is 1. The van der Waals surface area contributed by atoms with E-state index >= 15 is 0 Å². The van der Waals surface area contributed by atoms with Crippen molar-refractivity contribution in [2.75, 3.05) is 0 Å². The molecule has 3 nitrogen and oxygen atoms in total. The molecule has 4 heteroatoms. The average Bonchev–Trinajstić information content (AvgIpc) is 2.64. The molecule has 0 aliphatic rings. The minimum atomic E-state index is 0.838. The number of hydrogen-bond acceptors (Lipinski definition) is 3. The molecule has 2 rings (SSSR count). The lowest BCUT2D eigenvalue weighted by Gasteiger charge is -2.04. The van der Waals surface area contributed by atoms with Crippen LogP contribution < -0.4 is 9.32 Å². The summed E-state index contributed by atoms with van der Waals surface area (Å²) in [6.45, 7) is 2.17. The van der Waals surface area contributed by atoms with Crippen molar-refractivity contribution < 1.29 is 4.18 Å². The van der Waals surface area contributed by atoms with Crippen LogP contribution in [0.1, 0.15) is 18.9 Å². The molecule has 3 N–H and O–H groups in total. The third kappa shape index (κ3) is 1.96. The molecule has 0 saturated carbocycles. The first-order chi connectivity index (χ1) is 7.36. The summed E-state index contributed by atoms with van der Waals surface area (Å²) >= 11 is 0.886. The van der Waals surface area contributed by atoms with Gasteiger partial charge in [-0.05, 0) is 24.1 Å². The molecule has 0 aliphatic heterocycles. The first-order valence-electron chi connectivity index (χ1n) is 4.99. The number of aryl methyl sites for hydroxylation is 1. The van der Waals surface area contributed by atoms with Gasteiger partial charge in [-0.1, -0.05) is 19.4 Å². The van der Waals surface area contributed by atoms with Gasteiger partial charge in [0.15, 0.2) is 0 Å². The quantitative estimate of drug-likeness (QED) is 0.617. The van der Waals surface area contributed by atoms with Gasteiger partial charge in [-0.3, -0.25) is 0 Å². The van der Waals surface area contributed by atoms with Crippen molar-refractivity contribution in [3.63, 3.8) is 0 Å². The zero-order chi connectivity index (χ0) is 10.7. The second kappa shape index (κ2) is 4.59. The smallest absolute Gasteiger partial charge is 0.148 e. The number of benzene rings is 1. The third-order valence-electron chi connectivity index (χ3n) is 2.41. The highest BCUT2D eigenvalue weighted by atomic mass is 32.2. The van der Waals surface area contributed by atoms with E-state index in [0.29, 0.717) is 0 Å². The van der Waals surface area contributed by atoms with Crippen LogP contribution in [0.4, 0.5) is 0 Å². The van der Waals surface area contributed by atoms with E-state index in [1.165, 1.54) is 5.56 Å². The van der Waals surface area contributed by atoms with E-state index in [2.05, 4.69) is 11.9 Å². The number of nitrogens with one attached hydrogen (secondary N) is 1. The van der Waals surface area contributed by atoms with E-state index in [4.69, 9.17) is 9.32 Å². The normalized spacial score (nSPS) is 10.8. The van der Waals surface area contributed by atoms with Crippen LogP contribution in [-0.4, -0.2) is 4.98 Å². The summed E-state index contributed by atoms with van der Waals surface area (Å²) in [5.41, 5.74) is 2.39. The van der Waals surface area contributed by atoms with E-state index in [0.717, 1.165) is 41.7 Å². The first-order valence-corrected chi connectivity index (χ1v) is 5.79. The first kappa shape index (κ1) is 10.4. The topological polar surface area (TPSA) is 51.0 Å². The van der Waals surface area contributed by atoms with Gasteiger partial charge in [0.2, 0.25) is 0 Å². The SMILES string of the molecule is CCCc1c[nH]c2cccc(OSN)c12. The summed E-state index contributed by atoms with van der Waals surface area (Å²) in [6.07, 6.45) is 4.22. The lowest BCUT2D eigenvalue weighted by atomic mass is 10.1. The van der Waals surface area contributed by atoms with Gasteiger partial charge in [0.1, 0.15) is 18.0 Å². The van der Waals surface area contributed by atoms with Crippen molar-refractivity contribution in [2.45, 2.75) is 19.8 Å².